The van der Waals surface area contributed by atoms with E-state index < -0.39 is 0 Å². The summed E-state index contributed by atoms with van der Waals surface area (Å²) in [6.45, 7) is 1.97. The van der Waals surface area contributed by atoms with E-state index in [1.54, 1.807) is 30.3 Å². The number of nitrogens with one attached hydrogen (secondary N) is 1. The molecule has 0 aromatic heterocycles. The van der Waals surface area contributed by atoms with Crippen LogP contribution in [-0.2, 0) is 16.1 Å². The van der Waals surface area contributed by atoms with E-state index in [9.17, 15) is 14.0 Å². The second-order valence-corrected chi connectivity index (χ2v) is 6.25. The number of carbonyl (C=O) groups is 2. The van der Waals surface area contributed by atoms with Crippen LogP contribution in [0.15, 0.2) is 42.5 Å². The van der Waals surface area contributed by atoms with E-state index in [0.717, 1.165) is 5.56 Å². The number of benzene rings is 2. The molecule has 7 heteroatoms. The minimum atomic E-state index is -0.337. The standard InChI is InChI=1S/C18H17Cl2FN2O2/c1-12(24)23(11-13-5-7-14(21)8-6-13)10-9-17(25)22-16-4-2-3-15(19)18(16)20/h2-8H,9-11H2,1H3,(H,22,25). The van der Waals surface area contributed by atoms with Gasteiger partial charge in [0.1, 0.15) is 5.82 Å². The Hall–Kier alpha value is -2.11. The zero-order chi connectivity index (χ0) is 18.4. The van der Waals surface area contributed by atoms with Gasteiger partial charge in [0.25, 0.3) is 0 Å². The first-order chi connectivity index (χ1) is 11.9. The first-order valence-electron chi connectivity index (χ1n) is 7.60. The van der Waals surface area contributed by atoms with Gasteiger partial charge in [-0.05, 0) is 29.8 Å². The lowest BCUT2D eigenvalue weighted by Crippen LogP contribution is -2.31. The Balaban J connectivity index is 1.94. The van der Waals surface area contributed by atoms with Crippen LogP contribution in [0.2, 0.25) is 10.0 Å². The van der Waals surface area contributed by atoms with Gasteiger partial charge in [0.05, 0.1) is 15.7 Å². The third kappa shape index (κ3) is 5.73. The Morgan fingerprint density at radius 1 is 1.12 bits per heavy atom. The fourth-order valence-electron chi connectivity index (χ4n) is 2.21. The average Bonchev–Trinajstić information content (AvgIpc) is 2.57. The maximum Gasteiger partial charge on any atom is 0.226 e. The van der Waals surface area contributed by atoms with Crippen molar-refractivity contribution < 1.29 is 14.0 Å². The third-order valence-electron chi connectivity index (χ3n) is 3.57. The molecule has 132 valence electrons. The number of halogens is 3. The van der Waals surface area contributed by atoms with Crippen LogP contribution in [0.1, 0.15) is 18.9 Å². The summed E-state index contributed by atoms with van der Waals surface area (Å²) in [5, 5.41) is 3.29. The summed E-state index contributed by atoms with van der Waals surface area (Å²) < 4.78 is 13.0. The third-order valence-corrected chi connectivity index (χ3v) is 4.39. The molecule has 0 aliphatic heterocycles. The highest BCUT2D eigenvalue weighted by Crippen LogP contribution is 2.29. The Morgan fingerprint density at radius 2 is 1.80 bits per heavy atom. The number of carbonyl (C=O) groups excluding carboxylic acids is 2. The van der Waals surface area contributed by atoms with Crippen LogP contribution >= 0.6 is 23.2 Å². The predicted molar refractivity (Wildman–Crippen MR) is 97.2 cm³/mol. The minimum absolute atomic E-state index is 0.101. The summed E-state index contributed by atoms with van der Waals surface area (Å²) in [4.78, 5) is 25.4. The quantitative estimate of drug-likeness (QED) is 0.798. The molecule has 1 N–H and O–H groups in total. The predicted octanol–water partition coefficient (Wildman–Crippen LogP) is 4.51. The van der Waals surface area contributed by atoms with Crippen molar-refractivity contribution in [3.63, 3.8) is 0 Å². The normalized spacial score (nSPS) is 10.4. The van der Waals surface area contributed by atoms with Gasteiger partial charge in [-0.3, -0.25) is 9.59 Å². The van der Waals surface area contributed by atoms with E-state index in [4.69, 9.17) is 23.2 Å². The Kier molecular flexibility index (Phi) is 6.79. The highest BCUT2D eigenvalue weighted by molar-refractivity contribution is 6.43. The molecule has 0 radical (unpaired) electrons. The molecule has 0 saturated carbocycles. The summed E-state index contributed by atoms with van der Waals surface area (Å²) in [6.07, 6.45) is 0.101. The molecule has 0 saturated heterocycles. The summed E-state index contributed by atoms with van der Waals surface area (Å²) >= 11 is 11.9. The monoisotopic (exact) mass is 382 g/mol. The second kappa shape index (κ2) is 8.83. The van der Waals surface area contributed by atoms with Gasteiger partial charge in [-0.15, -0.1) is 0 Å². The van der Waals surface area contributed by atoms with Crippen LogP contribution in [0, 0.1) is 5.82 Å². The first-order valence-corrected chi connectivity index (χ1v) is 8.36. The SMILES string of the molecule is CC(=O)N(CCC(=O)Nc1cccc(Cl)c1Cl)Cc1ccc(F)cc1. The van der Waals surface area contributed by atoms with Crippen LogP contribution in [0.4, 0.5) is 10.1 Å². The lowest BCUT2D eigenvalue weighted by Gasteiger charge is -2.21. The molecule has 2 aromatic carbocycles. The summed E-state index contributed by atoms with van der Waals surface area (Å²) in [5.74, 6) is -0.789. The van der Waals surface area contributed by atoms with Crippen molar-refractivity contribution in [3.8, 4) is 0 Å². The van der Waals surface area contributed by atoms with Crippen molar-refractivity contribution in [1.82, 2.24) is 4.90 Å². The number of hydrogen-bond donors (Lipinski definition) is 1. The van der Waals surface area contributed by atoms with Crippen molar-refractivity contribution in [2.45, 2.75) is 19.9 Å². The fraction of sp³-hybridized carbons (Fsp3) is 0.222. The van der Waals surface area contributed by atoms with Gasteiger partial charge < -0.3 is 10.2 Å². The topological polar surface area (TPSA) is 49.4 Å². The highest BCUT2D eigenvalue weighted by atomic mass is 35.5. The highest BCUT2D eigenvalue weighted by Gasteiger charge is 2.13. The molecule has 0 aliphatic carbocycles. The first kappa shape index (κ1) is 19.2. The minimum Gasteiger partial charge on any atom is -0.338 e. The zero-order valence-electron chi connectivity index (χ0n) is 13.6. The molecule has 0 fully saturated rings. The van der Waals surface area contributed by atoms with Gasteiger partial charge in [0, 0.05) is 26.4 Å². The van der Waals surface area contributed by atoms with Crippen LogP contribution in [-0.4, -0.2) is 23.3 Å². The van der Waals surface area contributed by atoms with Gasteiger partial charge in [-0.2, -0.15) is 0 Å². The molecular formula is C18H17Cl2FN2O2. The van der Waals surface area contributed by atoms with E-state index in [-0.39, 0.29) is 35.6 Å². The van der Waals surface area contributed by atoms with Gasteiger partial charge in [0.15, 0.2) is 0 Å². The zero-order valence-corrected chi connectivity index (χ0v) is 15.1. The number of hydrogen-bond acceptors (Lipinski definition) is 2. The van der Waals surface area contributed by atoms with E-state index in [2.05, 4.69) is 5.32 Å². The summed E-state index contributed by atoms with van der Waals surface area (Å²) in [7, 11) is 0. The number of amides is 2. The van der Waals surface area contributed by atoms with Crippen molar-refractivity contribution in [2.75, 3.05) is 11.9 Å². The smallest absolute Gasteiger partial charge is 0.226 e. The molecule has 0 heterocycles. The molecule has 0 aliphatic rings. The lowest BCUT2D eigenvalue weighted by molar-refractivity contribution is -0.129. The maximum absolute atomic E-state index is 13.0. The number of nitrogens with zero attached hydrogens (tertiary/aromatic N) is 1. The van der Waals surface area contributed by atoms with Crippen LogP contribution < -0.4 is 5.32 Å². The van der Waals surface area contributed by atoms with Gasteiger partial charge in [-0.25, -0.2) is 4.39 Å². The molecule has 0 bridgehead atoms. The Bertz CT molecular complexity index is 766. The van der Waals surface area contributed by atoms with E-state index in [1.165, 1.54) is 24.0 Å². The average molecular weight is 383 g/mol. The van der Waals surface area contributed by atoms with Gasteiger partial charge >= 0.3 is 0 Å². The molecule has 25 heavy (non-hydrogen) atoms. The second-order valence-electron chi connectivity index (χ2n) is 5.47. The van der Waals surface area contributed by atoms with Gasteiger partial charge in [0.2, 0.25) is 11.8 Å². The molecular weight excluding hydrogens is 366 g/mol. The Labute approximate surface area is 155 Å². The molecule has 2 amide bonds. The van der Waals surface area contributed by atoms with E-state index >= 15 is 0 Å². The largest absolute Gasteiger partial charge is 0.338 e. The summed E-state index contributed by atoms with van der Waals surface area (Å²) in [5.41, 5.74) is 1.21. The van der Waals surface area contributed by atoms with Crippen LogP contribution in [0.25, 0.3) is 0 Å². The van der Waals surface area contributed by atoms with Gasteiger partial charge in [-0.1, -0.05) is 41.4 Å². The van der Waals surface area contributed by atoms with Crippen molar-refractivity contribution in [2.24, 2.45) is 0 Å². The number of rotatable bonds is 6. The maximum atomic E-state index is 13.0. The van der Waals surface area contributed by atoms with Crippen LogP contribution in [0.5, 0.6) is 0 Å². The van der Waals surface area contributed by atoms with Crippen molar-refractivity contribution in [1.29, 1.82) is 0 Å². The van der Waals surface area contributed by atoms with E-state index in [1.807, 2.05) is 0 Å². The lowest BCUT2D eigenvalue weighted by atomic mass is 10.2. The van der Waals surface area contributed by atoms with Crippen molar-refractivity contribution in [3.05, 3.63) is 63.9 Å². The van der Waals surface area contributed by atoms with Crippen LogP contribution in [0.3, 0.4) is 0 Å². The van der Waals surface area contributed by atoms with E-state index in [0.29, 0.717) is 17.3 Å². The summed E-state index contributed by atoms with van der Waals surface area (Å²) in [6, 6.07) is 10.8. The molecule has 0 unspecified atom stereocenters. The number of anilines is 1. The van der Waals surface area contributed by atoms with Crippen molar-refractivity contribution >= 4 is 40.7 Å². The molecule has 4 nitrogen and oxygen atoms in total. The molecule has 0 spiro atoms. The molecule has 2 aromatic rings. The molecule has 0 atom stereocenters. The Morgan fingerprint density at radius 3 is 2.44 bits per heavy atom. The molecule has 2 rings (SSSR count). The fourth-order valence-corrected chi connectivity index (χ4v) is 2.56.